The van der Waals surface area contributed by atoms with Crippen molar-refractivity contribution in [2.75, 3.05) is 26.2 Å². The summed E-state index contributed by atoms with van der Waals surface area (Å²) < 4.78 is 11.4. The van der Waals surface area contributed by atoms with Crippen LogP contribution in [0.1, 0.15) is 131 Å². The van der Waals surface area contributed by atoms with Gasteiger partial charge < -0.3 is 19.3 Å². The molecule has 2 aliphatic heterocycles. The third-order valence-corrected chi connectivity index (χ3v) is 12.0. The molecule has 0 N–H and O–H groups in total. The molecule has 6 heteroatoms. The fourth-order valence-corrected chi connectivity index (χ4v) is 9.58. The molecular weight excluding hydrogens is 596 g/mol. The number of piperidine rings is 2. The Labute approximate surface area is 291 Å². The van der Waals surface area contributed by atoms with E-state index in [4.69, 9.17) is 9.47 Å². The van der Waals surface area contributed by atoms with Gasteiger partial charge in [0.15, 0.2) is 0 Å². The highest BCUT2D eigenvalue weighted by atomic mass is 16.6. The first-order chi connectivity index (χ1) is 23.1. The molecule has 0 spiro atoms. The van der Waals surface area contributed by atoms with Crippen molar-refractivity contribution in [2.45, 2.75) is 143 Å². The van der Waals surface area contributed by atoms with E-state index in [2.05, 4.69) is 77.3 Å². The third kappa shape index (κ3) is 8.18. The summed E-state index contributed by atoms with van der Waals surface area (Å²) >= 11 is 0. The van der Waals surface area contributed by atoms with E-state index in [1.54, 1.807) is 12.1 Å². The van der Waals surface area contributed by atoms with Gasteiger partial charge in [-0.25, -0.2) is 9.59 Å². The lowest BCUT2D eigenvalue weighted by molar-refractivity contribution is -0.156. The Balaban J connectivity index is 1.52. The summed E-state index contributed by atoms with van der Waals surface area (Å²) in [6.07, 6.45) is 11.2. The van der Waals surface area contributed by atoms with Gasteiger partial charge in [-0.05, 0) is 98.8 Å². The molecule has 0 bridgehead atoms. The highest BCUT2D eigenvalue weighted by molar-refractivity contribution is 6.31. The molecule has 0 saturated carbocycles. The first-order valence-electron chi connectivity index (χ1n) is 19.2. The first-order valence-corrected chi connectivity index (χ1v) is 19.2. The fourth-order valence-electron chi connectivity index (χ4n) is 9.58. The van der Waals surface area contributed by atoms with Crippen LogP contribution in [0.2, 0.25) is 0 Å². The number of esters is 2. The van der Waals surface area contributed by atoms with Crippen molar-refractivity contribution in [3.63, 3.8) is 0 Å². The minimum Gasteiger partial charge on any atom is -0.418 e. The van der Waals surface area contributed by atoms with Crippen LogP contribution >= 0.6 is 0 Å². The molecule has 2 heterocycles. The number of hydrogen-bond acceptors (Lipinski definition) is 6. The van der Waals surface area contributed by atoms with Crippen LogP contribution in [0.25, 0.3) is 0 Å². The molecule has 0 radical (unpaired) electrons. The van der Waals surface area contributed by atoms with E-state index < -0.39 is 11.9 Å². The van der Waals surface area contributed by atoms with E-state index >= 15 is 0 Å². The first kappa shape index (κ1) is 38.1. The maximum absolute atomic E-state index is 13.2. The number of likely N-dealkylation sites (tertiary alicyclic amines) is 2. The Morgan fingerprint density at radius 3 is 1.38 bits per heavy atom. The number of hydrogen-bond donors (Lipinski definition) is 0. The van der Waals surface area contributed by atoms with Gasteiger partial charge in [0.2, 0.25) is 0 Å². The van der Waals surface area contributed by atoms with Gasteiger partial charge in [-0.2, -0.15) is 0 Å². The van der Waals surface area contributed by atoms with Gasteiger partial charge in [-0.3, -0.25) is 0 Å². The quantitative estimate of drug-likeness (QED) is 0.114. The van der Waals surface area contributed by atoms with Crippen LogP contribution < -0.4 is 9.47 Å². The van der Waals surface area contributed by atoms with Gasteiger partial charge in [0.1, 0.15) is 11.5 Å². The second kappa shape index (κ2) is 17.3. The average molecular weight is 661 g/mol. The van der Waals surface area contributed by atoms with Crippen molar-refractivity contribution in [1.29, 1.82) is 0 Å². The zero-order chi connectivity index (χ0) is 34.9. The Bertz CT molecular complexity index is 1240. The van der Waals surface area contributed by atoms with Crippen LogP contribution in [0.3, 0.4) is 0 Å². The molecule has 2 aromatic carbocycles. The second-order valence-corrected chi connectivity index (χ2v) is 14.9. The maximum Gasteiger partial charge on any atom is 0.423 e. The van der Waals surface area contributed by atoms with E-state index in [-0.39, 0.29) is 10.8 Å². The Morgan fingerprint density at radius 2 is 1.04 bits per heavy atom. The third-order valence-electron chi connectivity index (χ3n) is 12.0. The summed E-state index contributed by atoms with van der Waals surface area (Å²) in [6, 6.07) is 16.9. The van der Waals surface area contributed by atoms with Crippen molar-refractivity contribution in [3.8, 4) is 11.5 Å². The van der Waals surface area contributed by atoms with Crippen molar-refractivity contribution >= 4 is 11.9 Å². The minimum atomic E-state index is -0.990. The lowest BCUT2D eigenvalue weighted by Crippen LogP contribution is -2.53. The summed E-state index contributed by atoms with van der Waals surface area (Å²) in [7, 11) is 0. The molecule has 266 valence electrons. The van der Waals surface area contributed by atoms with Crippen molar-refractivity contribution < 1.29 is 19.1 Å². The normalized spacial score (nSPS) is 28.2. The van der Waals surface area contributed by atoms with Crippen molar-refractivity contribution in [2.24, 2.45) is 11.8 Å². The van der Waals surface area contributed by atoms with Gasteiger partial charge in [-0.15, -0.1) is 0 Å². The standard InChI is InChI=1S/C42H64N2O4/c1-9-17-35-27-41(23-11-3,31(7)29-43(35)13-5)33-19-15-21-37(25-33)47-39(45)40(46)48-38-22-16-20-34(26-38)42(24-12-4)28-36(18-10-2)44(14-6)30-32(42)8/h15-16,19-22,25-26,31-32,35-36H,9-14,17-18,23-24,27-30H2,1-8H3. The zero-order valence-electron chi connectivity index (χ0n) is 31.4. The lowest BCUT2D eigenvalue weighted by atomic mass is 9.62. The monoisotopic (exact) mass is 660 g/mol. The Morgan fingerprint density at radius 1 is 0.646 bits per heavy atom. The molecule has 6 unspecified atom stereocenters. The van der Waals surface area contributed by atoms with Gasteiger partial charge in [0.05, 0.1) is 0 Å². The van der Waals surface area contributed by atoms with Crippen molar-refractivity contribution in [3.05, 3.63) is 59.7 Å². The smallest absolute Gasteiger partial charge is 0.418 e. The van der Waals surface area contributed by atoms with E-state index in [1.165, 1.54) is 24.0 Å². The predicted molar refractivity (Wildman–Crippen MR) is 197 cm³/mol. The molecule has 2 aliphatic rings. The predicted octanol–water partition coefficient (Wildman–Crippen LogP) is 9.33. The molecular formula is C42H64N2O4. The van der Waals surface area contributed by atoms with E-state index in [9.17, 15) is 9.59 Å². The zero-order valence-corrected chi connectivity index (χ0v) is 31.4. The maximum atomic E-state index is 13.2. The highest BCUT2D eigenvalue weighted by Crippen LogP contribution is 2.48. The lowest BCUT2D eigenvalue weighted by Gasteiger charge is -2.51. The topological polar surface area (TPSA) is 59.1 Å². The van der Waals surface area contributed by atoms with Crippen LogP contribution in [0.4, 0.5) is 0 Å². The largest absolute Gasteiger partial charge is 0.423 e. The fraction of sp³-hybridized carbons (Fsp3) is 0.667. The van der Waals surface area contributed by atoms with Gasteiger partial charge >= 0.3 is 11.9 Å². The van der Waals surface area contributed by atoms with E-state index in [0.29, 0.717) is 35.4 Å². The molecule has 6 atom stereocenters. The summed E-state index contributed by atoms with van der Waals surface area (Å²) in [5.74, 6) is -0.267. The molecule has 0 aromatic heterocycles. The number of rotatable bonds is 14. The molecule has 2 saturated heterocycles. The average Bonchev–Trinajstić information content (AvgIpc) is 3.08. The number of benzene rings is 2. The van der Waals surface area contributed by atoms with Gasteiger partial charge in [-0.1, -0.05) is 105 Å². The molecule has 48 heavy (non-hydrogen) atoms. The number of ether oxygens (including phenoxy) is 2. The SMILES string of the molecule is CCCC1CC(CCC)(c2cccc(OC(=O)C(=O)Oc3cccc(C4(CCC)CC(CCC)N(CC)CC4C)c3)c2)C(C)CN1CC. The molecule has 0 aliphatic carbocycles. The molecule has 6 nitrogen and oxygen atoms in total. The minimum absolute atomic E-state index is 0.00137. The van der Waals surface area contributed by atoms with Gasteiger partial charge in [0, 0.05) is 36.0 Å². The van der Waals surface area contributed by atoms with Crippen LogP contribution in [0, 0.1) is 11.8 Å². The summed E-state index contributed by atoms with van der Waals surface area (Å²) in [5.41, 5.74) is 2.40. The second-order valence-electron chi connectivity index (χ2n) is 14.9. The molecule has 2 aromatic rings. The van der Waals surface area contributed by atoms with E-state index in [0.717, 1.165) is 77.5 Å². The number of carbonyl (C=O) groups is 2. The summed E-state index contributed by atoms with van der Waals surface area (Å²) in [4.78, 5) is 31.6. The van der Waals surface area contributed by atoms with Crippen LogP contribution in [-0.4, -0.2) is 60.0 Å². The molecule has 0 amide bonds. The van der Waals surface area contributed by atoms with Gasteiger partial charge in [0.25, 0.3) is 0 Å². The Kier molecular flexibility index (Phi) is 13.7. The van der Waals surface area contributed by atoms with Crippen LogP contribution in [0.15, 0.2) is 48.5 Å². The number of carbonyl (C=O) groups excluding carboxylic acids is 2. The van der Waals surface area contributed by atoms with Crippen LogP contribution in [-0.2, 0) is 20.4 Å². The van der Waals surface area contributed by atoms with Crippen molar-refractivity contribution in [1.82, 2.24) is 9.80 Å². The molecule has 2 fully saturated rings. The van der Waals surface area contributed by atoms with Crippen LogP contribution in [0.5, 0.6) is 11.5 Å². The van der Waals surface area contributed by atoms with E-state index in [1.807, 2.05) is 24.3 Å². The highest BCUT2D eigenvalue weighted by Gasteiger charge is 2.46. The Hall–Kier alpha value is -2.70. The number of nitrogens with zero attached hydrogens (tertiary/aromatic N) is 2. The summed E-state index contributed by atoms with van der Waals surface area (Å²) in [6.45, 7) is 22.6. The molecule has 4 rings (SSSR count). The summed E-state index contributed by atoms with van der Waals surface area (Å²) in [5, 5.41) is 0.